The van der Waals surface area contributed by atoms with E-state index >= 15 is 0 Å². The van der Waals surface area contributed by atoms with Crippen molar-refractivity contribution in [3.05, 3.63) is 29.8 Å². The first-order valence-corrected chi connectivity index (χ1v) is 12.9. The van der Waals surface area contributed by atoms with Crippen LogP contribution < -0.4 is 4.74 Å². The van der Waals surface area contributed by atoms with Gasteiger partial charge in [0.1, 0.15) is 11.4 Å². The quantitative estimate of drug-likeness (QED) is 0.396. The molecule has 0 bridgehead atoms. The van der Waals surface area contributed by atoms with Gasteiger partial charge in [-0.1, -0.05) is 94.2 Å². The molecule has 2 atom stereocenters. The molecule has 0 spiro atoms. The van der Waals surface area contributed by atoms with Gasteiger partial charge in [-0.3, -0.25) is 0 Å². The number of hydrogen-bond acceptors (Lipinski definition) is 1. The van der Waals surface area contributed by atoms with Crippen molar-refractivity contribution >= 4 is 0 Å². The summed E-state index contributed by atoms with van der Waals surface area (Å²) in [7, 11) is 0. The number of benzene rings is 1. The standard InChI is InChI=1S/C22H36O.3C2H6/c1-5-8-11-20(7-3)22(16-9-10-17-22)23-21-14-12-19(13-15-21)18(4)6-2;3*1-2/h12-15,18,20H,5-11,16-17H2,1-4H3;3*1-2H3. The van der Waals surface area contributed by atoms with Crippen LogP contribution in [0.2, 0.25) is 0 Å². The molecule has 1 fully saturated rings. The second-order valence-electron chi connectivity index (χ2n) is 7.50. The van der Waals surface area contributed by atoms with Crippen molar-refractivity contribution < 1.29 is 4.74 Å². The molecule has 0 aromatic heterocycles. The molecule has 0 N–H and O–H groups in total. The maximum atomic E-state index is 6.68. The van der Waals surface area contributed by atoms with Crippen LogP contribution in [0.1, 0.15) is 139 Å². The maximum absolute atomic E-state index is 6.68. The highest BCUT2D eigenvalue weighted by atomic mass is 16.5. The fourth-order valence-corrected chi connectivity index (χ4v) is 4.19. The summed E-state index contributed by atoms with van der Waals surface area (Å²) in [5, 5.41) is 0. The predicted octanol–water partition coefficient (Wildman–Crippen LogP) is 10.2. The van der Waals surface area contributed by atoms with Gasteiger partial charge in [-0.2, -0.15) is 0 Å². The minimum absolute atomic E-state index is 0.0990. The van der Waals surface area contributed by atoms with Crippen molar-refractivity contribution in [2.45, 2.75) is 139 Å². The molecule has 29 heavy (non-hydrogen) atoms. The van der Waals surface area contributed by atoms with Gasteiger partial charge >= 0.3 is 0 Å². The molecule has 0 amide bonds. The summed E-state index contributed by atoms with van der Waals surface area (Å²) in [5.74, 6) is 2.42. The average molecular weight is 407 g/mol. The molecule has 2 rings (SSSR count). The van der Waals surface area contributed by atoms with Crippen LogP contribution in [0.5, 0.6) is 5.75 Å². The molecule has 0 radical (unpaired) electrons. The second-order valence-corrected chi connectivity index (χ2v) is 7.50. The molecule has 0 heterocycles. The first-order chi connectivity index (χ1) is 14.1. The van der Waals surface area contributed by atoms with E-state index < -0.39 is 0 Å². The second kappa shape index (κ2) is 19.0. The molecule has 1 aromatic rings. The van der Waals surface area contributed by atoms with E-state index in [0.717, 1.165) is 5.75 Å². The Hall–Kier alpha value is -0.980. The van der Waals surface area contributed by atoms with Crippen LogP contribution >= 0.6 is 0 Å². The topological polar surface area (TPSA) is 9.23 Å². The molecule has 1 saturated carbocycles. The highest BCUT2D eigenvalue weighted by molar-refractivity contribution is 5.30. The molecular formula is C28H54O. The molecule has 1 aromatic carbocycles. The summed E-state index contributed by atoms with van der Waals surface area (Å²) in [6, 6.07) is 8.93. The zero-order valence-electron chi connectivity index (χ0n) is 21.7. The van der Waals surface area contributed by atoms with E-state index in [0.29, 0.717) is 11.8 Å². The summed E-state index contributed by atoms with van der Waals surface area (Å²) >= 11 is 0. The fourth-order valence-electron chi connectivity index (χ4n) is 4.19. The zero-order valence-corrected chi connectivity index (χ0v) is 21.7. The lowest BCUT2D eigenvalue weighted by Gasteiger charge is -2.38. The Morgan fingerprint density at radius 1 is 0.828 bits per heavy atom. The van der Waals surface area contributed by atoms with Crippen LogP contribution in [-0.2, 0) is 0 Å². The Kier molecular flexibility index (Phi) is 19.8. The maximum Gasteiger partial charge on any atom is 0.120 e. The molecule has 1 nitrogen and oxygen atoms in total. The van der Waals surface area contributed by atoms with Crippen molar-refractivity contribution in [1.82, 2.24) is 0 Å². The van der Waals surface area contributed by atoms with Crippen LogP contribution in [0.4, 0.5) is 0 Å². The van der Waals surface area contributed by atoms with Gasteiger partial charge in [0.2, 0.25) is 0 Å². The normalized spacial score (nSPS) is 16.1. The monoisotopic (exact) mass is 406 g/mol. The minimum Gasteiger partial charge on any atom is -0.487 e. The molecule has 1 heteroatoms. The van der Waals surface area contributed by atoms with E-state index in [-0.39, 0.29) is 5.60 Å². The van der Waals surface area contributed by atoms with Crippen molar-refractivity contribution in [2.24, 2.45) is 5.92 Å². The van der Waals surface area contributed by atoms with Gasteiger partial charge in [0.25, 0.3) is 0 Å². The Labute approximate surface area is 185 Å². The van der Waals surface area contributed by atoms with Crippen LogP contribution in [0.3, 0.4) is 0 Å². The van der Waals surface area contributed by atoms with E-state index in [9.17, 15) is 0 Å². The Balaban J connectivity index is 0. The fraction of sp³-hybridized carbons (Fsp3) is 0.786. The lowest BCUT2D eigenvalue weighted by molar-refractivity contribution is 0.00710. The van der Waals surface area contributed by atoms with Crippen molar-refractivity contribution in [3.63, 3.8) is 0 Å². The summed E-state index contributed by atoms with van der Waals surface area (Å²) in [6.45, 7) is 21.2. The van der Waals surface area contributed by atoms with E-state index in [1.165, 1.54) is 63.4 Å². The molecule has 2 unspecified atom stereocenters. The van der Waals surface area contributed by atoms with E-state index in [2.05, 4.69) is 52.0 Å². The number of hydrogen-bond donors (Lipinski definition) is 0. The van der Waals surface area contributed by atoms with E-state index in [1.807, 2.05) is 41.5 Å². The van der Waals surface area contributed by atoms with Gasteiger partial charge in [0, 0.05) is 0 Å². The van der Waals surface area contributed by atoms with Crippen LogP contribution in [0, 0.1) is 5.92 Å². The van der Waals surface area contributed by atoms with Gasteiger partial charge in [0.15, 0.2) is 0 Å². The third-order valence-electron chi connectivity index (χ3n) is 5.98. The Morgan fingerprint density at radius 3 is 1.76 bits per heavy atom. The van der Waals surface area contributed by atoms with Gasteiger partial charge < -0.3 is 4.74 Å². The lowest BCUT2D eigenvalue weighted by Crippen LogP contribution is -2.41. The largest absolute Gasteiger partial charge is 0.487 e. The Bertz CT molecular complexity index is 442. The number of rotatable bonds is 9. The zero-order chi connectivity index (χ0) is 22.7. The first-order valence-electron chi connectivity index (χ1n) is 12.9. The summed E-state index contributed by atoms with van der Waals surface area (Å²) in [4.78, 5) is 0. The van der Waals surface area contributed by atoms with E-state index in [4.69, 9.17) is 4.74 Å². The predicted molar refractivity (Wildman–Crippen MR) is 134 cm³/mol. The van der Waals surface area contributed by atoms with Crippen molar-refractivity contribution in [1.29, 1.82) is 0 Å². The minimum atomic E-state index is 0.0990. The number of unbranched alkanes of at least 4 members (excludes halogenated alkanes) is 1. The van der Waals surface area contributed by atoms with Crippen LogP contribution in [0.25, 0.3) is 0 Å². The number of ether oxygens (including phenoxy) is 1. The molecule has 172 valence electrons. The summed E-state index contributed by atoms with van der Waals surface area (Å²) in [6.07, 6.45) is 11.5. The molecule has 0 aliphatic heterocycles. The van der Waals surface area contributed by atoms with E-state index in [1.54, 1.807) is 0 Å². The van der Waals surface area contributed by atoms with Crippen LogP contribution in [-0.4, -0.2) is 5.60 Å². The Morgan fingerprint density at radius 2 is 1.34 bits per heavy atom. The van der Waals surface area contributed by atoms with Crippen molar-refractivity contribution in [2.75, 3.05) is 0 Å². The SMILES string of the molecule is CC.CC.CC.CCCCC(CC)C1(Oc2ccc(C(C)CC)cc2)CCCC1. The molecule has 1 aliphatic carbocycles. The molecule has 1 aliphatic rings. The third kappa shape index (κ3) is 10.1. The van der Waals surface area contributed by atoms with Gasteiger partial charge in [-0.05, 0) is 74.5 Å². The lowest BCUT2D eigenvalue weighted by atomic mass is 9.80. The first kappa shape index (κ1) is 30.2. The van der Waals surface area contributed by atoms with Gasteiger partial charge in [-0.25, -0.2) is 0 Å². The van der Waals surface area contributed by atoms with Crippen molar-refractivity contribution in [3.8, 4) is 5.75 Å². The molecule has 0 saturated heterocycles. The molecular weight excluding hydrogens is 352 g/mol. The third-order valence-corrected chi connectivity index (χ3v) is 5.98. The highest BCUT2D eigenvalue weighted by Crippen LogP contribution is 2.43. The van der Waals surface area contributed by atoms with Crippen LogP contribution in [0.15, 0.2) is 24.3 Å². The average Bonchev–Trinajstić information content (AvgIpc) is 3.27. The highest BCUT2D eigenvalue weighted by Gasteiger charge is 2.42. The summed E-state index contributed by atoms with van der Waals surface area (Å²) in [5.41, 5.74) is 1.53. The van der Waals surface area contributed by atoms with Gasteiger partial charge in [-0.15, -0.1) is 0 Å². The smallest absolute Gasteiger partial charge is 0.120 e. The van der Waals surface area contributed by atoms with Gasteiger partial charge in [0.05, 0.1) is 0 Å². The summed E-state index contributed by atoms with van der Waals surface area (Å²) < 4.78 is 6.68.